The summed E-state index contributed by atoms with van der Waals surface area (Å²) < 4.78 is 2.69. The lowest BCUT2D eigenvalue weighted by Crippen LogP contribution is -1.88. The fourth-order valence-electron chi connectivity index (χ4n) is 1.25. The van der Waals surface area contributed by atoms with Crippen LogP contribution in [0.3, 0.4) is 0 Å². The molecular weight excluding hydrogens is 252 g/mol. The van der Waals surface area contributed by atoms with E-state index in [0.717, 1.165) is 20.3 Å². The Kier molecular flexibility index (Phi) is 1.42. The molecule has 0 saturated carbocycles. The first kappa shape index (κ1) is 7.40. The molecule has 3 rings (SSSR count). The Bertz CT molecular complexity index is 584. The Morgan fingerprint density at radius 3 is 3.23 bits per heavy atom. The van der Waals surface area contributed by atoms with Crippen LogP contribution in [0.5, 0.6) is 0 Å². The number of halogens is 1. The van der Waals surface area contributed by atoms with Crippen LogP contribution in [0.1, 0.15) is 0 Å². The molecule has 0 radical (unpaired) electrons. The van der Waals surface area contributed by atoms with Gasteiger partial charge in [0.25, 0.3) is 0 Å². The normalized spacial score (nSPS) is 11.5. The molecule has 0 spiro atoms. The van der Waals surface area contributed by atoms with Gasteiger partial charge in [0.05, 0.1) is 5.39 Å². The average molecular weight is 255 g/mol. The van der Waals surface area contributed by atoms with Crippen LogP contribution in [0.2, 0.25) is 0 Å². The second kappa shape index (κ2) is 2.49. The highest BCUT2D eigenvalue weighted by Gasteiger charge is 2.08. The van der Waals surface area contributed by atoms with E-state index in [-0.39, 0.29) is 0 Å². The summed E-state index contributed by atoms with van der Waals surface area (Å²) in [6.07, 6.45) is 3.20. The fraction of sp³-hybridized carbons (Fsp3) is 0. The molecule has 13 heavy (non-hydrogen) atoms. The molecule has 0 aliphatic rings. The molecule has 0 aliphatic heterocycles. The van der Waals surface area contributed by atoms with Gasteiger partial charge in [-0.1, -0.05) is 0 Å². The second-order valence-corrected chi connectivity index (χ2v) is 4.25. The molecule has 4 nitrogen and oxygen atoms in total. The van der Waals surface area contributed by atoms with Gasteiger partial charge in [0, 0.05) is 9.85 Å². The summed E-state index contributed by atoms with van der Waals surface area (Å²) in [7, 11) is 0. The average Bonchev–Trinajstić information content (AvgIpc) is 2.70. The zero-order valence-corrected chi connectivity index (χ0v) is 8.71. The highest BCUT2D eigenvalue weighted by atomic mass is 79.9. The highest BCUT2D eigenvalue weighted by molar-refractivity contribution is 9.10. The summed E-state index contributed by atoms with van der Waals surface area (Å²) in [6.45, 7) is 0. The van der Waals surface area contributed by atoms with Crippen LogP contribution in [0, 0.1) is 0 Å². The SMILES string of the molecule is Brc1csc2ncn3ncnc3c12. The van der Waals surface area contributed by atoms with Gasteiger partial charge < -0.3 is 0 Å². The van der Waals surface area contributed by atoms with E-state index in [2.05, 4.69) is 31.0 Å². The van der Waals surface area contributed by atoms with Crippen LogP contribution in [0.25, 0.3) is 15.9 Å². The molecule has 0 fully saturated rings. The van der Waals surface area contributed by atoms with Gasteiger partial charge in [-0.2, -0.15) is 5.10 Å². The number of hydrogen-bond donors (Lipinski definition) is 0. The van der Waals surface area contributed by atoms with E-state index in [0.29, 0.717) is 0 Å². The molecule has 3 heterocycles. The van der Waals surface area contributed by atoms with Crippen LogP contribution in [0.15, 0.2) is 22.5 Å². The van der Waals surface area contributed by atoms with Gasteiger partial charge >= 0.3 is 0 Å². The van der Waals surface area contributed by atoms with Crippen molar-refractivity contribution < 1.29 is 0 Å². The maximum absolute atomic E-state index is 4.25. The van der Waals surface area contributed by atoms with Gasteiger partial charge in [-0.15, -0.1) is 11.3 Å². The summed E-state index contributed by atoms with van der Waals surface area (Å²) in [5.41, 5.74) is 0.845. The molecule has 0 atom stereocenters. The Labute approximate surface area is 85.4 Å². The number of aromatic nitrogens is 4. The quantitative estimate of drug-likeness (QED) is 0.617. The Hall–Kier alpha value is -1.01. The van der Waals surface area contributed by atoms with Crippen LogP contribution in [-0.4, -0.2) is 19.6 Å². The summed E-state index contributed by atoms with van der Waals surface area (Å²) in [5.74, 6) is 0. The Balaban J connectivity index is 2.70. The van der Waals surface area contributed by atoms with Crippen LogP contribution >= 0.6 is 27.3 Å². The molecule has 3 aromatic rings. The summed E-state index contributed by atoms with van der Waals surface area (Å²) in [4.78, 5) is 9.40. The molecule has 0 bridgehead atoms. The Morgan fingerprint density at radius 1 is 1.38 bits per heavy atom. The smallest absolute Gasteiger partial charge is 0.168 e. The van der Waals surface area contributed by atoms with E-state index in [4.69, 9.17) is 0 Å². The van der Waals surface area contributed by atoms with E-state index in [1.165, 1.54) is 6.33 Å². The summed E-state index contributed by atoms with van der Waals surface area (Å²) in [5, 5.41) is 7.06. The Morgan fingerprint density at radius 2 is 2.31 bits per heavy atom. The van der Waals surface area contributed by atoms with E-state index < -0.39 is 0 Å². The van der Waals surface area contributed by atoms with Crippen molar-refractivity contribution >= 4 is 43.1 Å². The predicted molar refractivity (Wildman–Crippen MR) is 53.9 cm³/mol. The lowest BCUT2D eigenvalue weighted by molar-refractivity contribution is 0.935. The van der Waals surface area contributed by atoms with Gasteiger partial charge in [0.2, 0.25) is 0 Å². The van der Waals surface area contributed by atoms with Crippen molar-refractivity contribution in [2.75, 3.05) is 0 Å². The van der Waals surface area contributed by atoms with Gasteiger partial charge in [-0.25, -0.2) is 14.5 Å². The third-order valence-electron chi connectivity index (χ3n) is 1.81. The van der Waals surface area contributed by atoms with E-state index in [9.17, 15) is 0 Å². The van der Waals surface area contributed by atoms with Crippen LogP contribution in [0.4, 0.5) is 0 Å². The van der Waals surface area contributed by atoms with Gasteiger partial charge in [-0.05, 0) is 15.9 Å². The monoisotopic (exact) mass is 254 g/mol. The molecule has 0 N–H and O–H groups in total. The van der Waals surface area contributed by atoms with Gasteiger partial charge in [0.15, 0.2) is 5.65 Å². The number of rotatable bonds is 0. The van der Waals surface area contributed by atoms with Crippen molar-refractivity contribution in [3.8, 4) is 0 Å². The number of nitrogens with zero attached hydrogens (tertiary/aromatic N) is 4. The van der Waals surface area contributed by atoms with Crippen LogP contribution in [-0.2, 0) is 0 Å². The minimum Gasteiger partial charge on any atom is -0.225 e. The van der Waals surface area contributed by atoms with Crippen molar-refractivity contribution in [2.24, 2.45) is 0 Å². The summed E-state index contributed by atoms with van der Waals surface area (Å²) >= 11 is 5.06. The van der Waals surface area contributed by atoms with Crippen molar-refractivity contribution in [2.45, 2.75) is 0 Å². The number of hydrogen-bond acceptors (Lipinski definition) is 4. The number of fused-ring (bicyclic) bond motifs is 3. The number of thiophene rings is 1. The fourth-order valence-corrected chi connectivity index (χ4v) is 2.78. The van der Waals surface area contributed by atoms with Gasteiger partial charge in [0.1, 0.15) is 17.5 Å². The topological polar surface area (TPSA) is 43.1 Å². The molecule has 0 unspecified atom stereocenters. The summed E-state index contributed by atoms with van der Waals surface area (Å²) in [6, 6.07) is 0. The first-order valence-corrected chi connectivity index (χ1v) is 5.24. The molecule has 64 valence electrons. The third-order valence-corrected chi connectivity index (χ3v) is 3.62. The predicted octanol–water partition coefficient (Wildman–Crippen LogP) is 2.10. The maximum Gasteiger partial charge on any atom is 0.168 e. The minimum atomic E-state index is 0.845. The van der Waals surface area contributed by atoms with Crippen LogP contribution < -0.4 is 0 Å². The zero-order valence-electron chi connectivity index (χ0n) is 6.31. The molecule has 0 aliphatic carbocycles. The zero-order chi connectivity index (χ0) is 8.84. The molecule has 0 amide bonds. The molecular formula is C7H3BrN4S. The maximum atomic E-state index is 4.25. The third kappa shape index (κ3) is 0.925. The second-order valence-electron chi connectivity index (χ2n) is 2.54. The lowest BCUT2D eigenvalue weighted by Gasteiger charge is -1.92. The standard InChI is InChI=1S/C7H3BrN4S/c8-4-1-13-7-5(4)6-9-2-11-12(6)3-10-7/h1-3H. The first-order chi connectivity index (χ1) is 6.36. The minimum absolute atomic E-state index is 0.845. The lowest BCUT2D eigenvalue weighted by atomic mass is 10.4. The van der Waals surface area contributed by atoms with E-state index in [1.807, 2.05) is 5.38 Å². The molecule has 6 heteroatoms. The van der Waals surface area contributed by atoms with Crippen molar-refractivity contribution in [3.63, 3.8) is 0 Å². The van der Waals surface area contributed by atoms with Crippen molar-refractivity contribution in [3.05, 3.63) is 22.5 Å². The van der Waals surface area contributed by atoms with Crippen molar-refractivity contribution in [1.82, 2.24) is 19.6 Å². The molecule has 0 saturated heterocycles. The first-order valence-electron chi connectivity index (χ1n) is 3.57. The largest absolute Gasteiger partial charge is 0.225 e. The van der Waals surface area contributed by atoms with E-state index >= 15 is 0 Å². The van der Waals surface area contributed by atoms with Gasteiger partial charge in [-0.3, -0.25) is 0 Å². The highest BCUT2D eigenvalue weighted by Crippen LogP contribution is 2.30. The molecule has 0 aromatic carbocycles. The van der Waals surface area contributed by atoms with E-state index in [1.54, 1.807) is 22.2 Å². The molecule has 3 aromatic heterocycles. The van der Waals surface area contributed by atoms with Crippen molar-refractivity contribution in [1.29, 1.82) is 0 Å².